The van der Waals surface area contributed by atoms with E-state index in [9.17, 15) is 41.3 Å². The van der Waals surface area contributed by atoms with Gasteiger partial charge in [0.25, 0.3) is 5.69 Å². The molecule has 1 aliphatic rings. The van der Waals surface area contributed by atoms with E-state index < -0.39 is 49.8 Å². The molecule has 0 bridgehead atoms. The maximum absolute atomic E-state index is 12.7. The van der Waals surface area contributed by atoms with E-state index in [-0.39, 0.29) is 28.7 Å². The van der Waals surface area contributed by atoms with Crippen molar-refractivity contribution in [2.24, 2.45) is 5.92 Å². The molecule has 2 N–H and O–H groups in total. The van der Waals surface area contributed by atoms with Crippen molar-refractivity contribution < 1.29 is 36.1 Å². The third-order valence-electron chi connectivity index (χ3n) is 3.98. The molecule has 0 saturated carbocycles. The standard InChI is InChI=1S/C15H16F3N3O6S2/c16-15(17,18)10-1-2-12(11(6-10)21(24)25)28-7-14(23)20-19-13(22)5-9-3-4-29(26,27)8-9/h1-2,6,9H,3-5,7-8H2,(H,19,22)(H,20,23). The van der Waals surface area contributed by atoms with Gasteiger partial charge in [-0.25, -0.2) is 8.42 Å². The fourth-order valence-corrected chi connectivity index (χ4v) is 5.29. The summed E-state index contributed by atoms with van der Waals surface area (Å²) in [6.07, 6.45) is -4.47. The van der Waals surface area contributed by atoms with Crippen LogP contribution in [-0.4, -0.2) is 42.4 Å². The lowest BCUT2D eigenvalue weighted by atomic mass is 10.1. The van der Waals surface area contributed by atoms with E-state index in [1.165, 1.54) is 0 Å². The van der Waals surface area contributed by atoms with Crippen LogP contribution in [0.15, 0.2) is 23.1 Å². The van der Waals surface area contributed by atoms with Crippen molar-refractivity contribution in [1.82, 2.24) is 10.9 Å². The number of sulfone groups is 1. The number of hydrogen-bond acceptors (Lipinski definition) is 7. The number of amides is 2. The van der Waals surface area contributed by atoms with Gasteiger partial charge in [0.2, 0.25) is 11.8 Å². The van der Waals surface area contributed by atoms with Crippen LogP contribution in [-0.2, 0) is 25.6 Å². The van der Waals surface area contributed by atoms with Gasteiger partial charge in [0.05, 0.1) is 32.6 Å². The Kier molecular flexibility index (Phi) is 7.11. The highest BCUT2D eigenvalue weighted by Gasteiger charge is 2.33. The molecule has 9 nitrogen and oxygen atoms in total. The first-order valence-corrected chi connectivity index (χ1v) is 10.9. The fraction of sp³-hybridized carbons (Fsp3) is 0.467. The SMILES string of the molecule is O=C(CSc1ccc(C(F)(F)F)cc1[N+](=O)[O-])NNC(=O)CC1CCS(=O)(=O)C1. The molecule has 0 spiro atoms. The van der Waals surface area contributed by atoms with Crippen molar-refractivity contribution in [1.29, 1.82) is 0 Å². The van der Waals surface area contributed by atoms with Crippen LogP contribution in [0.5, 0.6) is 0 Å². The third-order valence-corrected chi connectivity index (χ3v) is 6.88. The number of nitrogens with zero attached hydrogens (tertiary/aromatic N) is 1. The maximum atomic E-state index is 12.7. The Morgan fingerprint density at radius 3 is 2.45 bits per heavy atom. The summed E-state index contributed by atoms with van der Waals surface area (Å²) in [5, 5.41) is 11.0. The summed E-state index contributed by atoms with van der Waals surface area (Å²) in [7, 11) is -3.13. The second-order valence-electron chi connectivity index (χ2n) is 6.30. The molecule has 14 heteroatoms. The highest BCUT2D eigenvalue weighted by molar-refractivity contribution is 8.00. The van der Waals surface area contributed by atoms with Gasteiger partial charge in [0.1, 0.15) is 0 Å². The van der Waals surface area contributed by atoms with Crippen molar-refractivity contribution in [3.63, 3.8) is 0 Å². The molecule has 1 heterocycles. The Hall–Kier alpha value is -2.35. The zero-order valence-corrected chi connectivity index (χ0v) is 16.3. The van der Waals surface area contributed by atoms with Gasteiger partial charge in [0, 0.05) is 12.5 Å². The van der Waals surface area contributed by atoms with E-state index in [4.69, 9.17) is 0 Å². The number of hydrazine groups is 1. The molecular formula is C15H16F3N3O6S2. The monoisotopic (exact) mass is 455 g/mol. The van der Waals surface area contributed by atoms with Gasteiger partial charge in [-0.05, 0) is 24.5 Å². The van der Waals surface area contributed by atoms with Crippen molar-refractivity contribution in [2.75, 3.05) is 17.3 Å². The summed E-state index contributed by atoms with van der Waals surface area (Å²) in [4.78, 5) is 33.4. The number of carbonyl (C=O) groups excluding carboxylic acids is 2. The fourth-order valence-electron chi connectivity index (χ4n) is 2.62. The number of alkyl halides is 3. The Morgan fingerprint density at radius 1 is 1.24 bits per heavy atom. The van der Waals surface area contributed by atoms with E-state index in [1.807, 2.05) is 0 Å². The quantitative estimate of drug-likeness (QED) is 0.378. The highest BCUT2D eigenvalue weighted by atomic mass is 32.2. The number of benzene rings is 1. The topological polar surface area (TPSA) is 135 Å². The Labute approximate surface area is 167 Å². The molecule has 1 fully saturated rings. The smallest absolute Gasteiger partial charge is 0.273 e. The van der Waals surface area contributed by atoms with Crippen LogP contribution in [0.2, 0.25) is 0 Å². The number of hydrogen-bond donors (Lipinski definition) is 2. The summed E-state index contributed by atoms with van der Waals surface area (Å²) in [6, 6.07) is 1.96. The second-order valence-corrected chi connectivity index (χ2v) is 9.54. The number of thioether (sulfide) groups is 1. The van der Waals surface area contributed by atoms with Gasteiger partial charge in [-0.1, -0.05) is 0 Å². The molecular weight excluding hydrogens is 439 g/mol. The molecule has 1 unspecified atom stereocenters. The van der Waals surface area contributed by atoms with Gasteiger partial charge in [0.15, 0.2) is 9.84 Å². The van der Waals surface area contributed by atoms with E-state index in [0.717, 1.165) is 6.07 Å². The summed E-state index contributed by atoms with van der Waals surface area (Å²) >= 11 is 0.635. The molecule has 0 aromatic heterocycles. The molecule has 1 aromatic carbocycles. The molecule has 2 amide bonds. The van der Waals surface area contributed by atoms with E-state index in [0.29, 0.717) is 30.3 Å². The van der Waals surface area contributed by atoms with Crippen LogP contribution in [0.1, 0.15) is 18.4 Å². The minimum Gasteiger partial charge on any atom is -0.273 e. The number of nitro benzene ring substituents is 1. The molecule has 2 rings (SSSR count). The molecule has 0 aliphatic carbocycles. The number of rotatable bonds is 6. The van der Waals surface area contributed by atoms with Crippen molar-refractivity contribution >= 4 is 39.1 Å². The first kappa shape index (κ1) is 22.9. The van der Waals surface area contributed by atoms with E-state index in [2.05, 4.69) is 10.9 Å². The first-order valence-electron chi connectivity index (χ1n) is 8.14. The summed E-state index contributed by atoms with van der Waals surface area (Å²) in [6.45, 7) is 0. The van der Waals surface area contributed by atoms with Crippen LogP contribution in [0.3, 0.4) is 0 Å². The summed E-state index contributed by atoms with van der Waals surface area (Å²) in [5.74, 6) is -2.14. The van der Waals surface area contributed by atoms with Gasteiger partial charge in [-0.3, -0.25) is 30.6 Å². The zero-order valence-electron chi connectivity index (χ0n) is 14.7. The molecule has 1 atom stereocenters. The van der Waals surface area contributed by atoms with E-state index >= 15 is 0 Å². The minimum atomic E-state index is -4.74. The van der Waals surface area contributed by atoms with Gasteiger partial charge >= 0.3 is 6.18 Å². The van der Waals surface area contributed by atoms with Crippen LogP contribution in [0.4, 0.5) is 18.9 Å². The predicted octanol–water partition coefficient (Wildman–Crippen LogP) is 1.68. The Bertz CT molecular complexity index is 920. The number of carbonyl (C=O) groups is 2. The van der Waals surface area contributed by atoms with Gasteiger partial charge in [-0.2, -0.15) is 13.2 Å². The average Bonchev–Trinajstić information content (AvgIpc) is 2.95. The lowest BCUT2D eigenvalue weighted by Gasteiger charge is -2.10. The minimum absolute atomic E-state index is 0.0137. The normalized spacial score (nSPS) is 18.2. The van der Waals surface area contributed by atoms with E-state index in [1.54, 1.807) is 0 Å². The molecule has 1 aromatic rings. The second kappa shape index (κ2) is 8.98. The Morgan fingerprint density at radius 2 is 1.90 bits per heavy atom. The Balaban J connectivity index is 1.86. The van der Waals surface area contributed by atoms with Crippen LogP contribution in [0, 0.1) is 16.0 Å². The molecule has 29 heavy (non-hydrogen) atoms. The number of nitrogens with one attached hydrogen (secondary N) is 2. The van der Waals surface area contributed by atoms with Gasteiger partial charge in [-0.15, -0.1) is 11.8 Å². The highest BCUT2D eigenvalue weighted by Crippen LogP contribution is 2.36. The number of nitro groups is 1. The maximum Gasteiger partial charge on any atom is 0.416 e. The average molecular weight is 455 g/mol. The van der Waals surface area contributed by atoms with Gasteiger partial charge < -0.3 is 0 Å². The van der Waals surface area contributed by atoms with Crippen molar-refractivity contribution in [2.45, 2.75) is 23.9 Å². The molecule has 160 valence electrons. The largest absolute Gasteiger partial charge is 0.416 e. The van der Waals surface area contributed by atoms with Crippen molar-refractivity contribution in [3.05, 3.63) is 33.9 Å². The molecule has 1 saturated heterocycles. The van der Waals surface area contributed by atoms with Crippen LogP contribution in [0.25, 0.3) is 0 Å². The lowest BCUT2D eigenvalue weighted by molar-refractivity contribution is -0.388. The predicted molar refractivity (Wildman–Crippen MR) is 96.5 cm³/mol. The van der Waals surface area contributed by atoms with Crippen molar-refractivity contribution in [3.8, 4) is 0 Å². The van der Waals surface area contributed by atoms with Crippen LogP contribution < -0.4 is 10.9 Å². The lowest BCUT2D eigenvalue weighted by Crippen LogP contribution is -2.43. The summed E-state index contributed by atoms with van der Waals surface area (Å²) < 4.78 is 60.7. The van der Waals surface area contributed by atoms with Crippen LogP contribution >= 0.6 is 11.8 Å². The first-order chi connectivity index (χ1) is 13.4. The zero-order chi connectivity index (χ0) is 21.8. The summed E-state index contributed by atoms with van der Waals surface area (Å²) in [5.41, 5.74) is 2.21. The molecule has 0 radical (unpaired) electrons. The third kappa shape index (κ3) is 6.88. The number of halogens is 3. The molecule has 1 aliphatic heterocycles.